The molecule has 1 aromatic carbocycles. The van der Waals surface area contributed by atoms with Crippen molar-refractivity contribution in [3.05, 3.63) is 40.9 Å². The second-order valence-electron chi connectivity index (χ2n) is 5.07. The molecule has 2 rings (SSSR count). The van der Waals surface area contributed by atoms with E-state index in [9.17, 15) is 4.79 Å². The highest BCUT2D eigenvalue weighted by Gasteiger charge is 2.10. The Balaban J connectivity index is 2.22. The van der Waals surface area contributed by atoms with Gasteiger partial charge < -0.3 is 4.90 Å². The van der Waals surface area contributed by atoms with E-state index in [0.717, 1.165) is 18.4 Å². The fraction of sp³-hybridized carbons (Fsp3) is 0.467. The molecule has 0 radical (unpaired) electrons. The second kappa shape index (κ2) is 5.97. The van der Waals surface area contributed by atoms with E-state index in [1.165, 1.54) is 0 Å². The Bertz CT molecular complexity index is 604. The highest BCUT2D eigenvalue weighted by molar-refractivity contribution is 5.76. The van der Waals surface area contributed by atoms with E-state index in [1.54, 1.807) is 10.9 Å². The summed E-state index contributed by atoms with van der Waals surface area (Å²) in [7, 11) is 4.16. The molecule has 0 saturated heterocycles. The van der Waals surface area contributed by atoms with Crippen molar-refractivity contribution in [2.45, 2.75) is 32.4 Å². The smallest absolute Gasteiger partial charge is 0.261 e. The van der Waals surface area contributed by atoms with E-state index < -0.39 is 0 Å². The summed E-state index contributed by atoms with van der Waals surface area (Å²) in [4.78, 5) is 18.9. The van der Waals surface area contributed by atoms with Crippen LogP contribution in [0.5, 0.6) is 0 Å². The van der Waals surface area contributed by atoms with Gasteiger partial charge in [-0.05, 0) is 39.1 Å². The van der Waals surface area contributed by atoms with Crippen LogP contribution in [0.1, 0.15) is 19.8 Å². The molecular formula is C15H21N3O. The highest BCUT2D eigenvalue weighted by atomic mass is 16.1. The summed E-state index contributed by atoms with van der Waals surface area (Å²) in [5.74, 6) is 0. The largest absolute Gasteiger partial charge is 0.306 e. The van der Waals surface area contributed by atoms with Gasteiger partial charge in [0.15, 0.2) is 0 Å². The van der Waals surface area contributed by atoms with Gasteiger partial charge >= 0.3 is 0 Å². The average Bonchev–Trinajstić information content (AvgIpc) is 2.41. The number of fused-ring (bicyclic) bond motifs is 1. The van der Waals surface area contributed by atoms with E-state index in [-0.39, 0.29) is 5.56 Å². The molecule has 19 heavy (non-hydrogen) atoms. The van der Waals surface area contributed by atoms with Gasteiger partial charge in [-0.3, -0.25) is 9.36 Å². The molecular weight excluding hydrogens is 238 g/mol. The topological polar surface area (TPSA) is 38.1 Å². The maximum atomic E-state index is 12.3. The quantitative estimate of drug-likeness (QED) is 0.825. The Labute approximate surface area is 113 Å². The van der Waals surface area contributed by atoms with Gasteiger partial charge in [-0.2, -0.15) is 0 Å². The van der Waals surface area contributed by atoms with E-state index >= 15 is 0 Å². The van der Waals surface area contributed by atoms with Crippen LogP contribution in [0.2, 0.25) is 0 Å². The lowest BCUT2D eigenvalue weighted by Crippen LogP contribution is -2.30. The minimum atomic E-state index is 0.0548. The van der Waals surface area contributed by atoms with Crippen LogP contribution < -0.4 is 5.56 Å². The molecule has 0 aliphatic heterocycles. The minimum absolute atomic E-state index is 0.0548. The molecule has 2 aromatic rings. The molecule has 0 aliphatic rings. The predicted molar refractivity (Wildman–Crippen MR) is 78.4 cm³/mol. The molecule has 1 atom stereocenters. The number of nitrogens with zero attached hydrogens (tertiary/aromatic N) is 3. The van der Waals surface area contributed by atoms with Crippen molar-refractivity contribution in [2.75, 3.05) is 14.1 Å². The van der Waals surface area contributed by atoms with Crippen molar-refractivity contribution in [2.24, 2.45) is 0 Å². The zero-order valence-corrected chi connectivity index (χ0v) is 11.8. The van der Waals surface area contributed by atoms with Crippen molar-refractivity contribution >= 4 is 10.9 Å². The van der Waals surface area contributed by atoms with E-state index in [4.69, 9.17) is 0 Å². The molecule has 1 unspecified atom stereocenters. The molecule has 4 heteroatoms. The number of rotatable bonds is 5. The van der Waals surface area contributed by atoms with E-state index in [1.807, 2.05) is 24.3 Å². The molecule has 0 spiro atoms. The number of benzene rings is 1. The number of hydrogen-bond acceptors (Lipinski definition) is 3. The molecule has 0 fully saturated rings. The third-order valence-electron chi connectivity index (χ3n) is 3.64. The van der Waals surface area contributed by atoms with Crippen molar-refractivity contribution in [3.63, 3.8) is 0 Å². The van der Waals surface area contributed by atoms with Gasteiger partial charge in [-0.15, -0.1) is 0 Å². The van der Waals surface area contributed by atoms with E-state index in [0.29, 0.717) is 18.0 Å². The Morgan fingerprint density at radius 2 is 2.05 bits per heavy atom. The van der Waals surface area contributed by atoms with Gasteiger partial charge in [0.05, 0.1) is 17.2 Å². The predicted octanol–water partition coefficient (Wildman–Crippen LogP) is 2.13. The van der Waals surface area contributed by atoms with Crippen LogP contribution in [0.4, 0.5) is 0 Å². The SMILES string of the molecule is CCC(CCn1cnc2ccccc2c1=O)N(C)C. The van der Waals surface area contributed by atoms with Crippen molar-refractivity contribution in [1.29, 1.82) is 0 Å². The summed E-state index contributed by atoms with van der Waals surface area (Å²) in [6, 6.07) is 7.99. The molecule has 0 bridgehead atoms. The third kappa shape index (κ3) is 3.01. The van der Waals surface area contributed by atoms with Gasteiger partial charge in [0.25, 0.3) is 5.56 Å². The average molecular weight is 259 g/mol. The van der Waals surface area contributed by atoms with Crippen molar-refractivity contribution < 1.29 is 0 Å². The molecule has 1 heterocycles. The molecule has 0 amide bonds. The lowest BCUT2D eigenvalue weighted by Gasteiger charge is -2.22. The zero-order valence-electron chi connectivity index (χ0n) is 11.8. The fourth-order valence-corrected chi connectivity index (χ4v) is 2.38. The monoisotopic (exact) mass is 259 g/mol. The normalized spacial score (nSPS) is 13.1. The summed E-state index contributed by atoms with van der Waals surface area (Å²) >= 11 is 0. The number of aromatic nitrogens is 2. The number of para-hydroxylation sites is 1. The standard InChI is InChI=1S/C15H21N3O/c1-4-12(17(2)3)9-10-18-11-16-14-8-6-5-7-13(14)15(18)19/h5-8,11-12H,4,9-10H2,1-3H3. The molecule has 102 valence electrons. The third-order valence-corrected chi connectivity index (χ3v) is 3.64. The minimum Gasteiger partial charge on any atom is -0.306 e. The molecule has 0 aliphatic carbocycles. The van der Waals surface area contributed by atoms with Gasteiger partial charge in [-0.25, -0.2) is 4.98 Å². The summed E-state index contributed by atoms with van der Waals surface area (Å²) < 4.78 is 1.72. The molecule has 1 aromatic heterocycles. The lowest BCUT2D eigenvalue weighted by molar-refractivity contribution is 0.261. The van der Waals surface area contributed by atoms with E-state index in [2.05, 4.69) is 30.9 Å². The highest BCUT2D eigenvalue weighted by Crippen LogP contribution is 2.08. The Kier molecular flexibility index (Phi) is 4.32. The molecule has 0 N–H and O–H groups in total. The van der Waals surface area contributed by atoms with Crippen LogP contribution in [0, 0.1) is 0 Å². The van der Waals surface area contributed by atoms with Crippen LogP contribution in [-0.2, 0) is 6.54 Å². The fourth-order valence-electron chi connectivity index (χ4n) is 2.38. The Hall–Kier alpha value is -1.68. The summed E-state index contributed by atoms with van der Waals surface area (Å²) in [6.07, 6.45) is 3.71. The van der Waals surface area contributed by atoms with Gasteiger partial charge in [0.1, 0.15) is 0 Å². The number of aryl methyl sites for hydroxylation is 1. The first-order valence-electron chi connectivity index (χ1n) is 6.74. The van der Waals surface area contributed by atoms with Crippen LogP contribution in [0.25, 0.3) is 10.9 Å². The van der Waals surface area contributed by atoms with Crippen molar-refractivity contribution in [3.8, 4) is 0 Å². The summed E-state index contributed by atoms with van der Waals surface area (Å²) in [6.45, 7) is 2.89. The van der Waals surface area contributed by atoms with Crippen LogP contribution >= 0.6 is 0 Å². The summed E-state index contributed by atoms with van der Waals surface area (Å²) in [5.41, 5.74) is 0.822. The number of hydrogen-bond donors (Lipinski definition) is 0. The maximum Gasteiger partial charge on any atom is 0.261 e. The van der Waals surface area contributed by atoms with Gasteiger partial charge in [0, 0.05) is 12.6 Å². The van der Waals surface area contributed by atoms with Crippen LogP contribution in [-0.4, -0.2) is 34.6 Å². The maximum absolute atomic E-state index is 12.3. The van der Waals surface area contributed by atoms with Crippen LogP contribution in [0.15, 0.2) is 35.4 Å². The molecule has 0 saturated carbocycles. The first-order chi connectivity index (χ1) is 9.13. The van der Waals surface area contributed by atoms with Gasteiger partial charge in [-0.1, -0.05) is 19.1 Å². The second-order valence-corrected chi connectivity index (χ2v) is 5.07. The zero-order chi connectivity index (χ0) is 13.8. The van der Waals surface area contributed by atoms with Crippen LogP contribution in [0.3, 0.4) is 0 Å². The lowest BCUT2D eigenvalue weighted by atomic mass is 10.1. The Morgan fingerprint density at radius 3 is 2.74 bits per heavy atom. The summed E-state index contributed by atoms with van der Waals surface area (Å²) in [5, 5.41) is 0.697. The van der Waals surface area contributed by atoms with Gasteiger partial charge in [0.2, 0.25) is 0 Å². The van der Waals surface area contributed by atoms with Crippen molar-refractivity contribution in [1.82, 2.24) is 14.5 Å². The first-order valence-corrected chi connectivity index (χ1v) is 6.74. The Morgan fingerprint density at radius 1 is 1.32 bits per heavy atom. The first kappa shape index (κ1) is 13.7. The molecule has 4 nitrogen and oxygen atoms in total.